The molecule has 0 radical (unpaired) electrons. The van der Waals surface area contributed by atoms with Crippen molar-refractivity contribution in [1.29, 1.82) is 0 Å². The minimum Gasteiger partial charge on any atom is -0.467 e. The Kier molecular flexibility index (Phi) is 5.87. The topological polar surface area (TPSA) is 45.5 Å². The van der Waals surface area contributed by atoms with E-state index in [2.05, 4.69) is 19.2 Å². The van der Waals surface area contributed by atoms with Crippen molar-refractivity contribution in [3.8, 4) is 0 Å². The quantitative estimate of drug-likeness (QED) is 0.837. The maximum absolute atomic E-state index is 12.4. The van der Waals surface area contributed by atoms with Gasteiger partial charge in [-0.3, -0.25) is 0 Å². The van der Waals surface area contributed by atoms with Crippen LogP contribution < -0.4 is 5.32 Å². The van der Waals surface area contributed by atoms with E-state index in [9.17, 15) is 4.79 Å². The lowest BCUT2D eigenvalue weighted by Crippen LogP contribution is -2.39. The fourth-order valence-corrected chi connectivity index (χ4v) is 2.68. The largest absolute Gasteiger partial charge is 0.467 e. The van der Waals surface area contributed by atoms with Crippen LogP contribution in [0.2, 0.25) is 0 Å². The highest BCUT2D eigenvalue weighted by Crippen LogP contribution is 2.15. The van der Waals surface area contributed by atoms with E-state index in [-0.39, 0.29) is 6.03 Å². The fourth-order valence-electron chi connectivity index (χ4n) is 1.96. The summed E-state index contributed by atoms with van der Waals surface area (Å²) in [6.45, 7) is 6.09. The Morgan fingerprint density at radius 2 is 2.19 bits per heavy atom. The fraction of sp³-hybridized carbons (Fsp3) is 0.438. The van der Waals surface area contributed by atoms with Crippen LogP contribution in [0.25, 0.3) is 0 Å². The van der Waals surface area contributed by atoms with E-state index in [0.29, 0.717) is 25.6 Å². The molecule has 4 nitrogen and oxygen atoms in total. The van der Waals surface area contributed by atoms with Gasteiger partial charge in [0.25, 0.3) is 0 Å². The molecule has 1 N–H and O–H groups in total. The summed E-state index contributed by atoms with van der Waals surface area (Å²) < 4.78 is 5.36. The highest BCUT2D eigenvalue weighted by molar-refractivity contribution is 7.09. The first-order valence-electron chi connectivity index (χ1n) is 7.22. The summed E-state index contributed by atoms with van der Waals surface area (Å²) >= 11 is 1.66. The summed E-state index contributed by atoms with van der Waals surface area (Å²) in [5, 5.41) is 5.01. The van der Waals surface area contributed by atoms with Crippen molar-refractivity contribution in [2.24, 2.45) is 5.92 Å². The van der Waals surface area contributed by atoms with Gasteiger partial charge in [-0.2, -0.15) is 0 Å². The molecule has 0 spiro atoms. The molecule has 0 saturated carbocycles. The molecule has 2 amide bonds. The first-order chi connectivity index (χ1) is 10.1. The van der Waals surface area contributed by atoms with Gasteiger partial charge in [-0.15, -0.1) is 11.3 Å². The van der Waals surface area contributed by atoms with E-state index in [1.165, 1.54) is 4.88 Å². The van der Waals surface area contributed by atoms with Crippen molar-refractivity contribution in [2.45, 2.75) is 33.4 Å². The molecule has 0 aliphatic carbocycles. The number of nitrogens with one attached hydrogen (secondary N) is 1. The second kappa shape index (κ2) is 7.88. The molecule has 0 fully saturated rings. The van der Waals surface area contributed by atoms with Gasteiger partial charge in [0.2, 0.25) is 0 Å². The second-order valence-electron chi connectivity index (χ2n) is 5.43. The van der Waals surface area contributed by atoms with Crippen LogP contribution in [0.15, 0.2) is 40.3 Å². The average molecular weight is 306 g/mol. The van der Waals surface area contributed by atoms with Crippen LogP contribution in [0, 0.1) is 5.92 Å². The van der Waals surface area contributed by atoms with Gasteiger partial charge in [0.1, 0.15) is 5.76 Å². The number of nitrogens with zero attached hydrogens (tertiary/aromatic N) is 1. The minimum absolute atomic E-state index is 0.0412. The van der Waals surface area contributed by atoms with E-state index in [4.69, 9.17) is 4.42 Å². The van der Waals surface area contributed by atoms with Crippen molar-refractivity contribution in [3.05, 3.63) is 46.5 Å². The summed E-state index contributed by atoms with van der Waals surface area (Å²) in [6, 6.07) is 7.74. The Bertz CT molecular complexity index is 484. The van der Waals surface area contributed by atoms with Gasteiger partial charge < -0.3 is 14.6 Å². The molecule has 0 aromatic carbocycles. The number of thiophene rings is 1. The zero-order valence-corrected chi connectivity index (χ0v) is 13.4. The van der Waals surface area contributed by atoms with Crippen molar-refractivity contribution < 1.29 is 9.21 Å². The van der Waals surface area contributed by atoms with E-state index < -0.39 is 0 Å². The van der Waals surface area contributed by atoms with Gasteiger partial charge in [-0.1, -0.05) is 19.9 Å². The Labute approximate surface area is 129 Å². The van der Waals surface area contributed by atoms with E-state index >= 15 is 0 Å². The van der Waals surface area contributed by atoms with Gasteiger partial charge >= 0.3 is 6.03 Å². The molecule has 2 rings (SSSR count). The molecular formula is C16H22N2O2S. The number of hydrogen-bond acceptors (Lipinski definition) is 3. The number of carbonyl (C=O) groups excluding carboxylic acids is 1. The smallest absolute Gasteiger partial charge is 0.318 e. The first-order valence-corrected chi connectivity index (χ1v) is 8.10. The predicted octanol–water partition coefficient (Wildman–Crippen LogP) is 4.10. The zero-order chi connectivity index (χ0) is 15.1. The molecule has 0 saturated heterocycles. The Morgan fingerprint density at radius 3 is 2.81 bits per heavy atom. The van der Waals surface area contributed by atoms with Crippen LogP contribution in [-0.2, 0) is 13.1 Å². The highest BCUT2D eigenvalue weighted by Gasteiger charge is 2.16. The third-order valence-electron chi connectivity index (χ3n) is 3.14. The summed E-state index contributed by atoms with van der Waals surface area (Å²) in [5.74, 6) is 1.38. The third kappa shape index (κ3) is 5.27. The van der Waals surface area contributed by atoms with Crippen LogP contribution >= 0.6 is 11.3 Å². The zero-order valence-electron chi connectivity index (χ0n) is 12.5. The van der Waals surface area contributed by atoms with E-state index in [1.54, 1.807) is 22.5 Å². The Hall–Kier alpha value is -1.75. The van der Waals surface area contributed by atoms with Gasteiger partial charge in [-0.05, 0) is 35.9 Å². The molecular weight excluding hydrogens is 284 g/mol. The number of hydrogen-bond donors (Lipinski definition) is 1. The Morgan fingerprint density at radius 1 is 1.33 bits per heavy atom. The molecule has 0 atom stereocenters. The molecule has 0 bridgehead atoms. The van der Waals surface area contributed by atoms with Crippen LogP contribution in [0.5, 0.6) is 0 Å². The predicted molar refractivity (Wildman–Crippen MR) is 85.1 cm³/mol. The number of amides is 2. The Balaban J connectivity index is 1.95. The maximum Gasteiger partial charge on any atom is 0.318 e. The lowest BCUT2D eigenvalue weighted by molar-refractivity contribution is 0.187. The number of carbonyl (C=O) groups is 1. The summed E-state index contributed by atoms with van der Waals surface area (Å²) in [6.07, 6.45) is 2.62. The molecule has 0 aliphatic heterocycles. The van der Waals surface area contributed by atoms with Crippen molar-refractivity contribution in [3.63, 3.8) is 0 Å². The standard InChI is InChI=1S/C16H22N2O2S/c1-13(2)7-8-17-16(19)18(11-14-5-3-9-20-14)12-15-6-4-10-21-15/h3-6,9-10,13H,7-8,11-12H2,1-2H3,(H,17,19). The van der Waals surface area contributed by atoms with Gasteiger partial charge in [0.15, 0.2) is 0 Å². The number of rotatable bonds is 7. The van der Waals surface area contributed by atoms with Crippen LogP contribution in [0.3, 0.4) is 0 Å². The summed E-state index contributed by atoms with van der Waals surface area (Å²) in [5.41, 5.74) is 0. The van der Waals surface area contributed by atoms with Crippen molar-refractivity contribution >= 4 is 17.4 Å². The van der Waals surface area contributed by atoms with Gasteiger partial charge in [0, 0.05) is 11.4 Å². The lowest BCUT2D eigenvalue weighted by atomic mass is 10.1. The van der Waals surface area contributed by atoms with E-state index in [0.717, 1.165) is 12.2 Å². The third-order valence-corrected chi connectivity index (χ3v) is 4.00. The van der Waals surface area contributed by atoms with Gasteiger partial charge in [-0.25, -0.2) is 4.79 Å². The molecule has 2 aromatic heterocycles. The first kappa shape index (κ1) is 15.6. The molecule has 0 unspecified atom stereocenters. The molecule has 21 heavy (non-hydrogen) atoms. The second-order valence-corrected chi connectivity index (χ2v) is 6.46. The summed E-state index contributed by atoms with van der Waals surface area (Å²) in [4.78, 5) is 15.3. The molecule has 5 heteroatoms. The van der Waals surface area contributed by atoms with Crippen LogP contribution in [0.1, 0.15) is 30.9 Å². The monoisotopic (exact) mass is 306 g/mol. The normalized spacial score (nSPS) is 10.8. The SMILES string of the molecule is CC(C)CCNC(=O)N(Cc1ccco1)Cc1cccs1. The van der Waals surface area contributed by atoms with Gasteiger partial charge in [0.05, 0.1) is 19.4 Å². The van der Waals surface area contributed by atoms with Crippen LogP contribution in [-0.4, -0.2) is 17.5 Å². The molecule has 0 aliphatic rings. The van der Waals surface area contributed by atoms with Crippen molar-refractivity contribution in [1.82, 2.24) is 10.2 Å². The van der Waals surface area contributed by atoms with E-state index in [1.807, 2.05) is 29.6 Å². The van der Waals surface area contributed by atoms with Crippen LogP contribution in [0.4, 0.5) is 4.79 Å². The average Bonchev–Trinajstić information content (AvgIpc) is 3.10. The van der Waals surface area contributed by atoms with Crippen molar-refractivity contribution in [2.75, 3.05) is 6.54 Å². The molecule has 2 heterocycles. The summed E-state index contributed by atoms with van der Waals surface area (Å²) in [7, 11) is 0. The highest BCUT2D eigenvalue weighted by atomic mass is 32.1. The number of urea groups is 1. The minimum atomic E-state index is -0.0412. The molecule has 114 valence electrons. The molecule has 2 aromatic rings. The number of furan rings is 1. The maximum atomic E-state index is 12.4. The lowest BCUT2D eigenvalue weighted by Gasteiger charge is -2.22.